The van der Waals surface area contributed by atoms with Gasteiger partial charge in [-0.3, -0.25) is 0 Å². The summed E-state index contributed by atoms with van der Waals surface area (Å²) in [5.41, 5.74) is 0.417. The predicted molar refractivity (Wildman–Crippen MR) is 69.4 cm³/mol. The molecule has 2 heterocycles. The smallest absolute Gasteiger partial charge is 0.248 e. The molecule has 0 radical (unpaired) electrons. The molecule has 18 heavy (non-hydrogen) atoms. The Morgan fingerprint density at radius 1 is 1.44 bits per heavy atom. The van der Waals surface area contributed by atoms with Gasteiger partial charge < -0.3 is 9.84 Å². The molecule has 104 valence electrons. The lowest BCUT2D eigenvalue weighted by Gasteiger charge is -2.22. The molecular formula is C10H18ClN3O3S. The summed E-state index contributed by atoms with van der Waals surface area (Å²) in [5, 5.41) is 6.85. The molecule has 0 spiro atoms. The largest absolute Gasteiger partial charge is 0.360 e. The van der Waals surface area contributed by atoms with E-state index in [1.807, 2.05) is 0 Å². The van der Waals surface area contributed by atoms with Crippen LogP contribution in [0.2, 0.25) is 0 Å². The first-order valence-corrected chi connectivity index (χ1v) is 7.00. The fourth-order valence-electron chi connectivity index (χ4n) is 2.13. The summed E-state index contributed by atoms with van der Waals surface area (Å²) in [5.74, 6) is 0.348. The van der Waals surface area contributed by atoms with Gasteiger partial charge >= 0.3 is 0 Å². The molecule has 0 aliphatic carbocycles. The summed E-state index contributed by atoms with van der Waals surface area (Å²) in [6.45, 7) is 4.81. The highest BCUT2D eigenvalue weighted by atomic mass is 35.5. The van der Waals surface area contributed by atoms with Crippen molar-refractivity contribution in [2.24, 2.45) is 0 Å². The number of sulfonamides is 1. The normalized spacial score (nSPS) is 20.1. The van der Waals surface area contributed by atoms with Crippen LogP contribution in [-0.4, -0.2) is 44.1 Å². The molecule has 1 aliphatic heterocycles. The second-order valence-corrected chi connectivity index (χ2v) is 6.26. The number of likely N-dealkylation sites (N-methyl/N-ethyl adjacent to an activating group) is 1. The molecule has 1 saturated heterocycles. The van der Waals surface area contributed by atoms with Crippen LogP contribution < -0.4 is 5.32 Å². The van der Waals surface area contributed by atoms with E-state index in [1.54, 1.807) is 20.9 Å². The Morgan fingerprint density at radius 3 is 2.56 bits per heavy atom. The molecular weight excluding hydrogens is 278 g/mol. The topological polar surface area (TPSA) is 75.4 Å². The van der Waals surface area contributed by atoms with Gasteiger partial charge in [-0.15, -0.1) is 12.4 Å². The second-order valence-electron chi connectivity index (χ2n) is 4.32. The highest BCUT2D eigenvalue weighted by Gasteiger charge is 2.34. The molecule has 2 rings (SSSR count). The minimum atomic E-state index is -3.50. The van der Waals surface area contributed by atoms with E-state index < -0.39 is 10.0 Å². The van der Waals surface area contributed by atoms with E-state index in [4.69, 9.17) is 4.52 Å². The Labute approximate surface area is 113 Å². The Bertz CT molecular complexity index is 489. The van der Waals surface area contributed by atoms with Gasteiger partial charge in [0.1, 0.15) is 10.6 Å². The Hall–Kier alpha value is -0.630. The zero-order valence-corrected chi connectivity index (χ0v) is 12.3. The van der Waals surface area contributed by atoms with Crippen molar-refractivity contribution in [2.75, 3.05) is 20.1 Å². The van der Waals surface area contributed by atoms with Crippen molar-refractivity contribution in [2.45, 2.75) is 31.2 Å². The van der Waals surface area contributed by atoms with Gasteiger partial charge in [0, 0.05) is 19.6 Å². The molecule has 8 heteroatoms. The van der Waals surface area contributed by atoms with Crippen molar-refractivity contribution >= 4 is 22.4 Å². The van der Waals surface area contributed by atoms with Gasteiger partial charge in [-0.05, 0) is 26.8 Å². The van der Waals surface area contributed by atoms with Crippen molar-refractivity contribution < 1.29 is 12.9 Å². The van der Waals surface area contributed by atoms with Crippen LogP contribution in [0.4, 0.5) is 0 Å². The summed E-state index contributed by atoms with van der Waals surface area (Å²) in [6.07, 6.45) is 0.832. The fourth-order valence-corrected chi connectivity index (χ4v) is 3.80. The van der Waals surface area contributed by atoms with Gasteiger partial charge in [0.15, 0.2) is 5.76 Å². The van der Waals surface area contributed by atoms with Crippen molar-refractivity contribution in [3.8, 4) is 0 Å². The first-order valence-electron chi connectivity index (χ1n) is 5.56. The second kappa shape index (κ2) is 5.56. The van der Waals surface area contributed by atoms with Gasteiger partial charge in [0.25, 0.3) is 0 Å². The highest BCUT2D eigenvalue weighted by Crippen LogP contribution is 2.24. The molecule has 1 fully saturated rings. The average Bonchev–Trinajstić information content (AvgIpc) is 2.87. The van der Waals surface area contributed by atoms with E-state index in [0.29, 0.717) is 18.0 Å². The van der Waals surface area contributed by atoms with Crippen LogP contribution in [-0.2, 0) is 10.0 Å². The number of rotatable bonds is 3. The third-order valence-corrected chi connectivity index (χ3v) is 5.31. The Balaban J connectivity index is 0.00000162. The van der Waals surface area contributed by atoms with E-state index in [2.05, 4.69) is 10.5 Å². The quantitative estimate of drug-likeness (QED) is 0.888. The van der Waals surface area contributed by atoms with Crippen LogP contribution in [0.3, 0.4) is 0 Å². The van der Waals surface area contributed by atoms with Crippen LogP contribution in [0.5, 0.6) is 0 Å². The van der Waals surface area contributed by atoms with E-state index in [1.165, 1.54) is 4.31 Å². The molecule has 0 saturated carbocycles. The number of hydrogen-bond donors (Lipinski definition) is 1. The van der Waals surface area contributed by atoms with Gasteiger partial charge in [-0.1, -0.05) is 5.16 Å². The molecule has 1 unspecified atom stereocenters. The van der Waals surface area contributed by atoms with E-state index >= 15 is 0 Å². The summed E-state index contributed by atoms with van der Waals surface area (Å²) in [7, 11) is -1.89. The first kappa shape index (κ1) is 15.4. The molecule has 1 N–H and O–H groups in total. The molecule has 1 aromatic heterocycles. The lowest BCUT2D eigenvalue weighted by molar-refractivity contribution is 0.380. The zero-order chi connectivity index (χ0) is 12.6. The molecule has 6 nitrogen and oxygen atoms in total. The van der Waals surface area contributed by atoms with Crippen LogP contribution in [0, 0.1) is 13.8 Å². The number of aryl methyl sites for hydroxylation is 2. The Kier molecular flexibility index (Phi) is 4.77. The maximum Gasteiger partial charge on any atom is 0.248 e. The van der Waals surface area contributed by atoms with Gasteiger partial charge in [-0.2, -0.15) is 4.31 Å². The first-order chi connectivity index (χ1) is 7.94. The number of hydrogen-bond acceptors (Lipinski definition) is 5. The van der Waals surface area contributed by atoms with Gasteiger partial charge in [-0.25, -0.2) is 8.42 Å². The van der Waals surface area contributed by atoms with Gasteiger partial charge in [0.05, 0.1) is 0 Å². The predicted octanol–water partition coefficient (Wildman–Crippen LogP) is 0.696. The lowest BCUT2D eigenvalue weighted by atomic mass is 10.3. The SMILES string of the molecule is Cc1noc(C)c1S(=O)(=O)N(C)C1CCNC1.Cl. The minimum absolute atomic E-state index is 0. The number of halogens is 1. The summed E-state index contributed by atoms with van der Waals surface area (Å²) < 4.78 is 31.2. The van der Waals surface area contributed by atoms with Crippen LogP contribution in [0.1, 0.15) is 17.9 Å². The molecule has 1 aliphatic rings. The standard InChI is InChI=1S/C10H17N3O3S.ClH/c1-7-10(8(2)16-12-7)17(14,15)13(3)9-4-5-11-6-9;/h9,11H,4-6H2,1-3H3;1H. The van der Waals surface area contributed by atoms with Crippen LogP contribution >= 0.6 is 12.4 Å². The third kappa shape index (κ3) is 2.54. The molecule has 1 aromatic rings. The molecule has 0 aromatic carbocycles. The number of nitrogens with one attached hydrogen (secondary N) is 1. The van der Waals surface area contributed by atoms with E-state index in [-0.39, 0.29) is 23.3 Å². The van der Waals surface area contributed by atoms with Crippen molar-refractivity contribution in [3.63, 3.8) is 0 Å². The van der Waals surface area contributed by atoms with Crippen LogP contribution in [0.25, 0.3) is 0 Å². The molecule has 0 bridgehead atoms. The number of nitrogens with zero attached hydrogens (tertiary/aromatic N) is 2. The third-order valence-electron chi connectivity index (χ3n) is 3.15. The van der Waals surface area contributed by atoms with E-state index in [9.17, 15) is 8.42 Å². The zero-order valence-electron chi connectivity index (χ0n) is 10.6. The van der Waals surface area contributed by atoms with Gasteiger partial charge in [0.2, 0.25) is 10.0 Å². The fraction of sp³-hybridized carbons (Fsp3) is 0.700. The Morgan fingerprint density at radius 2 is 2.11 bits per heavy atom. The number of aromatic nitrogens is 1. The van der Waals surface area contributed by atoms with Crippen LogP contribution in [0.15, 0.2) is 9.42 Å². The maximum atomic E-state index is 12.4. The summed E-state index contributed by atoms with van der Waals surface area (Å²) >= 11 is 0. The highest BCUT2D eigenvalue weighted by molar-refractivity contribution is 7.89. The van der Waals surface area contributed by atoms with Crippen molar-refractivity contribution in [1.29, 1.82) is 0 Å². The molecule has 0 amide bonds. The average molecular weight is 296 g/mol. The van der Waals surface area contributed by atoms with Crippen molar-refractivity contribution in [1.82, 2.24) is 14.8 Å². The lowest BCUT2D eigenvalue weighted by Crippen LogP contribution is -2.38. The summed E-state index contributed by atoms with van der Waals surface area (Å²) in [6, 6.07) is 0.00806. The monoisotopic (exact) mass is 295 g/mol. The van der Waals surface area contributed by atoms with E-state index in [0.717, 1.165) is 13.0 Å². The summed E-state index contributed by atoms with van der Waals surface area (Å²) in [4.78, 5) is 0.201. The van der Waals surface area contributed by atoms with Crippen molar-refractivity contribution in [3.05, 3.63) is 11.5 Å². The maximum absolute atomic E-state index is 12.4. The minimum Gasteiger partial charge on any atom is -0.360 e. The molecule has 1 atom stereocenters.